The molecule has 5 aromatic rings. The van der Waals surface area contributed by atoms with Crippen LogP contribution >= 0.6 is 0 Å². The highest BCUT2D eigenvalue weighted by molar-refractivity contribution is 5.99. The van der Waals surface area contributed by atoms with Crippen LogP contribution in [0.1, 0.15) is 62.9 Å². The molecular formula is C39H39N3O5. The Bertz CT molecular complexity index is 1930. The van der Waals surface area contributed by atoms with Gasteiger partial charge in [-0.2, -0.15) is 0 Å². The molecule has 1 fully saturated rings. The molecule has 2 amide bonds. The predicted octanol–water partition coefficient (Wildman–Crippen LogP) is 7.59. The summed E-state index contributed by atoms with van der Waals surface area (Å²) < 4.78 is 7.83. The third-order valence-electron chi connectivity index (χ3n) is 9.34. The molecule has 6 rings (SSSR count). The minimum absolute atomic E-state index is 0.139. The number of hydrogen-bond acceptors (Lipinski definition) is 4. The first-order chi connectivity index (χ1) is 22.7. The van der Waals surface area contributed by atoms with Crippen molar-refractivity contribution >= 4 is 28.9 Å². The Kier molecular flexibility index (Phi) is 9.11. The van der Waals surface area contributed by atoms with Gasteiger partial charge in [-0.05, 0) is 85.7 Å². The molecule has 240 valence electrons. The van der Waals surface area contributed by atoms with E-state index in [0.29, 0.717) is 24.2 Å². The van der Waals surface area contributed by atoms with Gasteiger partial charge in [-0.3, -0.25) is 4.79 Å². The summed E-state index contributed by atoms with van der Waals surface area (Å²) in [6.45, 7) is 7.56. The number of aryl methyl sites for hydroxylation is 1. The van der Waals surface area contributed by atoms with Crippen molar-refractivity contribution in [2.75, 3.05) is 6.54 Å². The highest BCUT2D eigenvalue weighted by Crippen LogP contribution is 2.29. The van der Waals surface area contributed by atoms with E-state index in [1.165, 1.54) is 0 Å². The van der Waals surface area contributed by atoms with Crippen molar-refractivity contribution in [3.05, 3.63) is 131 Å². The van der Waals surface area contributed by atoms with Gasteiger partial charge >= 0.3 is 12.1 Å². The number of carboxylic acids is 1. The van der Waals surface area contributed by atoms with Gasteiger partial charge in [0.2, 0.25) is 0 Å². The van der Waals surface area contributed by atoms with Gasteiger partial charge in [0, 0.05) is 41.3 Å². The lowest BCUT2D eigenvalue weighted by Gasteiger charge is -2.29. The Morgan fingerprint density at radius 2 is 1.64 bits per heavy atom. The molecule has 4 aromatic carbocycles. The molecule has 0 bridgehead atoms. The van der Waals surface area contributed by atoms with Gasteiger partial charge in [0.25, 0.3) is 5.91 Å². The molecule has 8 heteroatoms. The molecule has 1 aliphatic heterocycles. The van der Waals surface area contributed by atoms with Gasteiger partial charge < -0.3 is 24.6 Å². The number of rotatable bonds is 9. The number of nitrogens with one attached hydrogen (secondary N) is 1. The Labute approximate surface area is 274 Å². The summed E-state index contributed by atoms with van der Waals surface area (Å²) in [6, 6.07) is 30.0. The molecule has 2 atom stereocenters. The first-order valence-electron chi connectivity index (χ1n) is 16.0. The number of carbonyl (C=O) groups excluding carboxylic acids is 2. The van der Waals surface area contributed by atoms with E-state index < -0.39 is 5.97 Å². The second-order valence-corrected chi connectivity index (χ2v) is 12.3. The fourth-order valence-corrected chi connectivity index (χ4v) is 6.62. The molecule has 1 saturated heterocycles. The number of amides is 2. The van der Waals surface area contributed by atoms with E-state index in [0.717, 1.165) is 51.7 Å². The van der Waals surface area contributed by atoms with Crippen molar-refractivity contribution in [2.45, 2.75) is 58.8 Å². The number of nitrogens with zero attached hydrogens (tertiary/aromatic N) is 2. The van der Waals surface area contributed by atoms with Crippen LogP contribution in [-0.2, 0) is 17.9 Å². The van der Waals surface area contributed by atoms with Gasteiger partial charge in [-0.1, -0.05) is 72.8 Å². The monoisotopic (exact) mass is 629 g/mol. The zero-order valence-corrected chi connectivity index (χ0v) is 26.9. The van der Waals surface area contributed by atoms with E-state index in [1.807, 2.05) is 91.9 Å². The molecule has 47 heavy (non-hydrogen) atoms. The Hall–Kier alpha value is -5.37. The standard InChI is InChI=1S/C39H39N3O5/c1-25-27(3)42(23-28-15-17-30(18-16-28)32-12-7-8-13-33(32)38(44)45)36-20-19-31(22-34(25)36)37(43)40-26(2)35-14-9-21-41(35)39(46)47-24-29-10-5-4-6-11-29/h4-8,10-13,15-20,22,26,35H,9,14,21,23-24H2,1-3H3,(H,40,43)(H,44,45)/t26-,35?/m0/s1. The third-order valence-corrected chi connectivity index (χ3v) is 9.34. The smallest absolute Gasteiger partial charge is 0.410 e. The van der Waals surface area contributed by atoms with Crippen molar-refractivity contribution in [1.29, 1.82) is 0 Å². The predicted molar refractivity (Wildman–Crippen MR) is 183 cm³/mol. The number of aromatic nitrogens is 1. The van der Waals surface area contributed by atoms with Crippen LogP contribution in [0, 0.1) is 13.8 Å². The van der Waals surface area contributed by atoms with Crippen molar-refractivity contribution in [3.63, 3.8) is 0 Å². The summed E-state index contributed by atoms with van der Waals surface area (Å²) in [5.41, 5.74) is 7.67. The number of ether oxygens (including phenoxy) is 1. The lowest BCUT2D eigenvalue weighted by atomic mass is 9.99. The van der Waals surface area contributed by atoms with Crippen LogP contribution < -0.4 is 5.32 Å². The number of hydrogen-bond donors (Lipinski definition) is 2. The SMILES string of the molecule is Cc1c(C)n(Cc2ccc(-c3ccccc3C(=O)O)cc2)c2ccc(C(=O)N[C@@H](C)C3CCCN3C(=O)OCc3ccccc3)cc12. The van der Waals surface area contributed by atoms with Crippen molar-refractivity contribution in [2.24, 2.45) is 0 Å². The zero-order valence-electron chi connectivity index (χ0n) is 26.9. The number of carbonyl (C=O) groups is 3. The molecule has 0 spiro atoms. The van der Waals surface area contributed by atoms with E-state index in [9.17, 15) is 19.5 Å². The fourth-order valence-electron chi connectivity index (χ4n) is 6.62. The Morgan fingerprint density at radius 3 is 2.38 bits per heavy atom. The third kappa shape index (κ3) is 6.63. The van der Waals surface area contributed by atoms with E-state index in [4.69, 9.17) is 4.74 Å². The van der Waals surface area contributed by atoms with Crippen LogP contribution in [0.5, 0.6) is 0 Å². The van der Waals surface area contributed by atoms with Crippen LogP contribution in [0.25, 0.3) is 22.0 Å². The highest BCUT2D eigenvalue weighted by atomic mass is 16.6. The van der Waals surface area contributed by atoms with Crippen LogP contribution in [0.2, 0.25) is 0 Å². The van der Waals surface area contributed by atoms with Gasteiger partial charge in [0.15, 0.2) is 0 Å². The normalized spacial score (nSPS) is 15.0. The summed E-state index contributed by atoms with van der Waals surface area (Å²) >= 11 is 0. The van der Waals surface area contributed by atoms with E-state index in [1.54, 1.807) is 17.0 Å². The van der Waals surface area contributed by atoms with Crippen LogP contribution in [-0.4, -0.2) is 51.2 Å². The molecule has 0 aliphatic carbocycles. The first kappa shape index (κ1) is 31.6. The van der Waals surface area contributed by atoms with Gasteiger partial charge in [-0.15, -0.1) is 0 Å². The maximum Gasteiger partial charge on any atom is 0.410 e. The minimum Gasteiger partial charge on any atom is -0.478 e. The number of fused-ring (bicyclic) bond motifs is 1. The maximum atomic E-state index is 13.5. The van der Waals surface area contributed by atoms with Crippen LogP contribution in [0.15, 0.2) is 97.1 Å². The van der Waals surface area contributed by atoms with Crippen molar-refractivity contribution < 1.29 is 24.2 Å². The second kappa shape index (κ2) is 13.5. The molecule has 1 unspecified atom stereocenters. The molecule has 0 radical (unpaired) electrons. The fraction of sp³-hybridized carbons (Fsp3) is 0.256. The molecule has 8 nitrogen and oxygen atoms in total. The summed E-state index contributed by atoms with van der Waals surface area (Å²) in [6.07, 6.45) is 1.31. The number of aromatic carboxylic acids is 1. The molecule has 2 N–H and O–H groups in total. The van der Waals surface area contributed by atoms with Crippen LogP contribution in [0.3, 0.4) is 0 Å². The molecule has 2 heterocycles. The molecule has 0 saturated carbocycles. The average molecular weight is 630 g/mol. The highest BCUT2D eigenvalue weighted by Gasteiger charge is 2.34. The quantitative estimate of drug-likeness (QED) is 0.175. The lowest BCUT2D eigenvalue weighted by molar-refractivity contribution is 0.0697. The number of carboxylic acid groups (broad SMARTS) is 1. The van der Waals surface area contributed by atoms with Crippen molar-refractivity contribution in [3.8, 4) is 11.1 Å². The summed E-state index contributed by atoms with van der Waals surface area (Å²) in [5.74, 6) is -1.12. The number of benzene rings is 4. The minimum atomic E-state index is -0.947. The van der Waals surface area contributed by atoms with Crippen molar-refractivity contribution in [1.82, 2.24) is 14.8 Å². The topological polar surface area (TPSA) is 101 Å². The largest absolute Gasteiger partial charge is 0.478 e. The summed E-state index contributed by atoms with van der Waals surface area (Å²) in [4.78, 5) is 39.8. The Balaban J connectivity index is 1.14. The molecular weight excluding hydrogens is 590 g/mol. The van der Waals surface area contributed by atoms with E-state index in [2.05, 4.69) is 23.7 Å². The first-order valence-corrected chi connectivity index (χ1v) is 16.0. The lowest BCUT2D eigenvalue weighted by Crippen LogP contribution is -2.49. The van der Waals surface area contributed by atoms with Crippen LogP contribution in [0.4, 0.5) is 4.79 Å². The zero-order chi connectivity index (χ0) is 33.1. The second-order valence-electron chi connectivity index (χ2n) is 12.3. The summed E-state index contributed by atoms with van der Waals surface area (Å²) in [7, 11) is 0. The summed E-state index contributed by atoms with van der Waals surface area (Å²) in [5, 5.41) is 13.7. The van der Waals surface area contributed by atoms with E-state index in [-0.39, 0.29) is 36.3 Å². The van der Waals surface area contributed by atoms with Gasteiger partial charge in [0.1, 0.15) is 6.61 Å². The maximum absolute atomic E-state index is 13.5. The molecule has 1 aliphatic rings. The van der Waals surface area contributed by atoms with E-state index >= 15 is 0 Å². The van der Waals surface area contributed by atoms with Gasteiger partial charge in [0.05, 0.1) is 11.6 Å². The Morgan fingerprint density at radius 1 is 0.915 bits per heavy atom. The average Bonchev–Trinajstić information content (AvgIpc) is 3.68. The van der Waals surface area contributed by atoms with Gasteiger partial charge in [-0.25, -0.2) is 9.59 Å². The molecule has 1 aromatic heterocycles. The number of likely N-dealkylation sites (tertiary alicyclic amines) is 1.